The van der Waals surface area contributed by atoms with Gasteiger partial charge in [0.15, 0.2) is 0 Å². The number of rotatable bonds is 4. The molecule has 1 atom stereocenters. The van der Waals surface area contributed by atoms with E-state index in [1.807, 2.05) is 24.3 Å². The molecule has 7 heteroatoms. The molecule has 0 radical (unpaired) electrons. The molecule has 7 nitrogen and oxygen atoms in total. The van der Waals surface area contributed by atoms with Gasteiger partial charge in [0.25, 0.3) is 5.91 Å². The van der Waals surface area contributed by atoms with Crippen LogP contribution >= 0.6 is 0 Å². The zero-order valence-electron chi connectivity index (χ0n) is 15.9. The Morgan fingerprint density at radius 3 is 2.46 bits per heavy atom. The van der Waals surface area contributed by atoms with Gasteiger partial charge in [0.1, 0.15) is 5.92 Å². The van der Waals surface area contributed by atoms with Gasteiger partial charge in [-0.2, -0.15) is 0 Å². The van der Waals surface area contributed by atoms with Gasteiger partial charge in [-0.3, -0.25) is 19.4 Å². The highest BCUT2D eigenvalue weighted by atomic mass is 16.5. The van der Waals surface area contributed by atoms with Crippen LogP contribution in [-0.4, -0.2) is 60.1 Å². The molecule has 1 unspecified atom stereocenters. The molecule has 4 rings (SSSR count). The Balaban J connectivity index is 1.80. The first-order valence-electron chi connectivity index (χ1n) is 9.89. The molecule has 2 aliphatic heterocycles. The molecular weight excluding hydrogens is 358 g/mol. The Kier molecular flexibility index (Phi) is 5.02. The van der Waals surface area contributed by atoms with Gasteiger partial charge in [0.05, 0.1) is 24.5 Å². The number of benzene rings is 1. The third-order valence-corrected chi connectivity index (χ3v) is 6.05. The Morgan fingerprint density at radius 1 is 1.11 bits per heavy atom. The molecule has 1 spiro atoms. The highest BCUT2D eigenvalue weighted by Gasteiger charge is 2.45. The van der Waals surface area contributed by atoms with Gasteiger partial charge in [-0.1, -0.05) is 37.1 Å². The number of Topliss-reactive ketones (excluding diaryl/α,β-unsaturated/α-hetero) is 1. The summed E-state index contributed by atoms with van der Waals surface area (Å²) < 4.78 is 5.31. The molecule has 1 saturated carbocycles. The van der Waals surface area contributed by atoms with Crippen LogP contribution < -0.4 is 5.73 Å². The van der Waals surface area contributed by atoms with Crippen LogP contribution in [0.25, 0.3) is 0 Å². The molecule has 3 aliphatic rings. The number of nitrogens with zero attached hydrogens (tertiary/aromatic N) is 2. The standard InChI is InChI=1S/C21H25N3O4/c22-19(26)18(25)16(20(27)24-9-11-28-12-10-24)17-15-6-2-1-5-14(15)13-21(23-17)7-3-4-8-21/h1-2,5-6,16H,3-4,7-13H2,(H2,22,26). The molecule has 2 amide bonds. The first-order valence-corrected chi connectivity index (χ1v) is 9.89. The molecular formula is C21H25N3O4. The van der Waals surface area contributed by atoms with Crippen LogP contribution in [0.2, 0.25) is 0 Å². The number of ketones is 1. The Morgan fingerprint density at radius 2 is 1.79 bits per heavy atom. The van der Waals surface area contributed by atoms with E-state index in [-0.39, 0.29) is 5.54 Å². The maximum atomic E-state index is 13.3. The lowest BCUT2D eigenvalue weighted by atomic mass is 9.79. The largest absolute Gasteiger partial charge is 0.378 e. The predicted octanol–water partition coefficient (Wildman–Crippen LogP) is 0.874. The van der Waals surface area contributed by atoms with Crippen LogP contribution in [0.1, 0.15) is 36.8 Å². The second kappa shape index (κ2) is 7.47. The van der Waals surface area contributed by atoms with Crippen molar-refractivity contribution in [2.75, 3.05) is 26.3 Å². The quantitative estimate of drug-likeness (QED) is 0.616. The maximum Gasteiger partial charge on any atom is 0.286 e. The van der Waals surface area contributed by atoms with E-state index in [1.165, 1.54) is 0 Å². The molecule has 2 N–H and O–H groups in total. The summed E-state index contributed by atoms with van der Waals surface area (Å²) in [5.41, 5.74) is 7.31. The number of ether oxygens (including phenoxy) is 1. The van der Waals surface area contributed by atoms with E-state index in [9.17, 15) is 14.4 Å². The molecule has 148 valence electrons. The highest BCUT2D eigenvalue weighted by Crippen LogP contribution is 2.41. The topological polar surface area (TPSA) is 102 Å². The number of fused-ring (bicyclic) bond motifs is 1. The summed E-state index contributed by atoms with van der Waals surface area (Å²) in [6.45, 7) is 1.61. The minimum Gasteiger partial charge on any atom is -0.378 e. The predicted molar refractivity (Wildman–Crippen MR) is 103 cm³/mol. The van der Waals surface area contributed by atoms with Crippen molar-refractivity contribution in [1.82, 2.24) is 4.90 Å². The Labute approximate surface area is 163 Å². The van der Waals surface area contributed by atoms with Gasteiger partial charge in [-0.05, 0) is 24.8 Å². The first kappa shape index (κ1) is 18.8. The molecule has 1 aliphatic carbocycles. The zero-order valence-corrected chi connectivity index (χ0v) is 15.9. The van der Waals surface area contributed by atoms with Crippen LogP contribution in [0.4, 0.5) is 0 Å². The van der Waals surface area contributed by atoms with Crippen molar-refractivity contribution >= 4 is 23.3 Å². The van der Waals surface area contributed by atoms with Crippen LogP contribution in [0.15, 0.2) is 29.3 Å². The summed E-state index contributed by atoms with van der Waals surface area (Å²) in [7, 11) is 0. The van der Waals surface area contributed by atoms with E-state index in [4.69, 9.17) is 15.5 Å². The smallest absolute Gasteiger partial charge is 0.286 e. The minimum absolute atomic E-state index is 0.287. The van der Waals surface area contributed by atoms with Gasteiger partial charge in [-0.25, -0.2) is 0 Å². The Bertz CT molecular complexity index is 836. The first-order chi connectivity index (χ1) is 13.5. The van der Waals surface area contributed by atoms with Crippen molar-refractivity contribution in [1.29, 1.82) is 0 Å². The molecule has 2 heterocycles. The molecule has 0 bridgehead atoms. The summed E-state index contributed by atoms with van der Waals surface area (Å²) in [4.78, 5) is 44.5. The lowest BCUT2D eigenvalue weighted by molar-refractivity contribution is -0.146. The fourth-order valence-corrected chi connectivity index (χ4v) is 4.64. The number of nitrogens with two attached hydrogens (primary N) is 1. The van der Waals surface area contributed by atoms with Crippen molar-refractivity contribution < 1.29 is 19.1 Å². The van der Waals surface area contributed by atoms with Crippen LogP contribution in [0, 0.1) is 5.92 Å². The van der Waals surface area contributed by atoms with Gasteiger partial charge in [0, 0.05) is 18.7 Å². The van der Waals surface area contributed by atoms with Crippen molar-refractivity contribution in [3.8, 4) is 0 Å². The molecule has 28 heavy (non-hydrogen) atoms. The number of morpholine rings is 1. The third kappa shape index (κ3) is 3.35. The summed E-state index contributed by atoms with van der Waals surface area (Å²) >= 11 is 0. The number of primary amides is 1. The number of carbonyl (C=O) groups is 3. The Hall–Kier alpha value is -2.54. The molecule has 1 aromatic carbocycles. The monoisotopic (exact) mass is 383 g/mol. The van der Waals surface area contributed by atoms with Crippen LogP contribution in [0.5, 0.6) is 0 Å². The van der Waals surface area contributed by atoms with Crippen LogP contribution in [0.3, 0.4) is 0 Å². The van der Waals surface area contributed by atoms with E-state index < -0.39 is 23.5 Å². The fraction of sp³-hybridized carbons (Fsp3) is 0.524. The molecule has 1 saturated heterocycles. The number of hydrogen-bond donors (Lipinski definition) is 1. The normalized spacial score (nSPS) is 21.7. The zero-order chi connectivity index (χ0) is 19.7. The lowest BCUT2D eigenvalue weighted by Crippen LogP contribution is -2.51. The average molecular weight is 383 g/mol. The summed E-state index contributed by atoms with van der Waals surface area (Å²) in [6, 6.07) is 7.73. The van der Waals surface area contributed by atoms with E-state index in [0.29, 0.717) is 32.0 Å². The van der Waals surface area contributed by atoms with Crippen molar-refractivity contribution in [2.45, 2.75) is 37.6 Å². The van der Waals surface area contributed by atoms with Gasteiger partial charge in [-0.15, -0.1) is 0 Å². The van der Waals surface area contributed by atoms with Crippen molar-refractivity contribution in [3.63, 3.8) is 0 Å². The second-order valence-electron chi connectivity index (χ2n) is 7.86. The van der Waals surface area contributed by atoms with Crippen molar-refractivity contribution in [2.24, 2.45) is 16.6 Å². The van der Waals surface area contributed by atoms with Crippen LogP contribution in [-0.2, 0) is 25.5 Å². The minimum atomic E-state index is -1.28. The van der Waals surface area contributed by atoms with Gasteiger partial charge >= 0.3 is 0 Å². The molecule has 2 fully saturated rings. The van der Waals surface area contributed by atoms with E-state index >= 15 is 0 Å². The number of aliphatic imine (C=N–C) groups is 1. The summed E-state index contributed by atoms with van der Waals surface area (Å²) in [5.74, 6) is -3.68. The maximum absolute atomic E-state index is 13.3. The average Bonchev–Trinajstić information content (AvgIpc) is 3.15. The van der Waals surface area contributed by atoms with Crippen molar-refractivity contribution in [3.05, 3.63) is 35.4 Å². The summed E-state index contributed by atoms with van der Waals surface area (Å²) in [5, 5.41) is 0. The van der Waals surface area contributed by atoms with E-state index in [0.717, 1.165) is 43.2 Å². The highest BCUT2D eigenvalue weighted by molar-refractivity contribution is 6.46. The molecule has 1 aromatic rings. The number of carbonyl (C=O) groups excluding carboxylic acids is 3. The fourth-order valence-electron chi connectivity index (χ4n) is 4.64. The SMILES string of the molecule is NC(=O)C(=O)C(C(=O)N1CCOCC1)C1=NC2(CCCC2)Cc2ccccc21. The number of amides is 2. The van der Waals surface area contributed by atoms with E-state index in [2.05, 4.69) is 0 Å². The third-order valence-electron chi connectivity index (χ3n) is 6.05. The number of hydrogen-bond acceptors (Lipinski definition) is 5. The summed E-state index contributed by atoms with van der Waals surface area (Å²) in [6.07, 6.45) is 4.80. The lowest BCUT2D eigenvalue weighted by Gasteiger charge is -2.35. The molecule has 0 aromatic heterocycles. The van der Waals surface area contributed by atoms with Gasteiger partial charge in [0.2, 0.25) is 11.7 Å². The second-order valence-corrected chi connectivity index (χ2v) is 7.86. The van der Waals surface area contributed by atoms with Gasteiger partial charge < -0.3 is 15.4 Å². The van der Waals surface area contributed by atoms with E-state index in [1.54, 1.807) is 4.90 Å².